The first kappa shape index (κ1) is 19.7. The summed E-state index contributed by atoms with van der Waals surface area (Å²) >= 11 is 2.95. The van der Waals surface area contributed by atoms with Crippen molar-refractivity contribution in [1.29, 1.82) is 0 Å². The van der Waals surface area contributed by atoms with Crippen LogP contribution >= 0.6 is 33.9 Å². The lowest BCUT2D eigenvalue weighted by Crippen LogP contribution is -2.29. The average molecular weight is 507 g/mol. The van der Waals surface area contributed by atoms with Crippen LogP contribution in [-0.2, 0) is 4.84 Å². The van der Waals surface area contributed by atoms with Gasteiger partial charge in [0.25, 0.3) is 11.5 Å². The summed E-state index contributed by atoms with van der Waals surface area (Å²) in [5.41, 5.74) is 0.303. The molecule has 142 valence electrons. The molecule has 0 aliphatic carbocycles. The third-order valence-electron chi connectivity index (χ3n) is 3.47. The Morgan fingerprint density at radius 1 is 1.37 bits per heavy atom. The lowest BCUT2D eigenvalue weighted by molar-refractivity contribution is 0.0170. The topological polar surface area (TPSA) is 92.1 Å². The van der Waals surface area contributed by atoms with Crippen LogP contribution < -0.4 is 16.4 Å². The number of thiazole rings is 1. The van der Waals surface area contributed by atoms with Gasteiger partial charge in [-0.25, -0.2) is 9.87 Å². The van der Waals surface area contributed by atoms with Gasteiger partial charge in [-0.2, -0.15) is 4.39 Å². The fourth-order valence-electron chi connectivity index (χ4n) is 2.32. The fourth-order valence-corrected chi connectivity index (χ4v) is 3.65. The highest BCUT2D eigenvalue weighted by molar-refractivity contribution is 14.1. The van der Waals surface area contributed by atoms with Crippen LogP contribution in [0.5, 0.6) is 0 Å². The number of hydrogen-bond donors (Lipinski definition) is 3. The quantitative estimate of drug-likeness (QED) is 0.271. The number of fused-ring (bicyclic) bond motifs is 1. The summed E-state index contributed by atoms with van der Waals surface area (Å²) in [6, 6.07) is 4.18. The van der Waals surface area contributed by atoms with Gasteiger partial charge in [0.05, 0.1) is 24.6 Å². The van der Waals surface area contributed by atoms with Crippen LogP contribution in [-0.4, -0.2) is 28.6 Å². The standard InChI is InChI=1S/C16H12F2IN3O4S/c17-9-7-8(19)1-2-10(9)20-13-11(14(24)21-26-5-4-23)16-22(3-6-27-16)15(25)12(13)18/h1-3,6-7,20,23H,4-5H2,(H,21,24). The van der Waals surface area contributed by atoms with Gasteiger partial charge in [0.2, 0.25) is 5.82 Å². The molecule has 3 rings (SSSR count). The molecular weight excluding hydrogens is 495 g/mol. The second-order valence-corrected chi connectivity index (χ2v) is 7.34. The molecule has 0 bridgehead atoms. The Morgan fingerprint density at radius 3 is 2.85 bits per heavy atom. The van der Waals surface area contributed by atoms with Gasteiger partial charge in [-0.15, -0.1) is 11.3 Å². The number of nitrogens with zero attached hydrogens (tertiary/aromatic N) is 1. The third-order valence-corrected chi connectivity index (χ3v) is 5.03. The molecule has 0 aliphatic rings. The highest BCUT2D eigenvalue weighted by Crippen LogP contribution is 2.30. The molecule has 1 aromatic carbocycles. The zero-order valence-electron chi connectivity index (χ0n) is 13.5. The van der Waals surface area contributed by atoms with Crippen molar-refractivity contribution in [1.82, 2.24) is 9.88 Å². The van der Waals surface area contributed by atoms with E-state index < -0.39 is 28.8 Å². The van der Waals surface area contributed by atoms with Crippen LogP contribution in [0.15, 0.2) is 34.6 Å². The van der Waals surface area contributed by atoms with E-state index in [-0.39, 0.29) is 29.3 Å². The minimum Gasteiger partial charge on any atom is -0.394 e. The largest absolute Gasteiger partial charge is 0.394 e. The molecule has 7 nitrogen and oxygen atoms in total. The monoisotopic (exact) mass is 507 g/mol. The molecule has 0 fully saturated rings. The van der Waals surface area contributed by atoms with Gasteiger partial charge in [-0.1, -0.05) is 0 Å². The lowest BCUT2D eigenvalue weighted by atomic mass is 10.2. The SMILES string of the molecule is O=C(NOCCO)c1c(Nc2ccc(I)cc2F)c(F)c(=O)n2ccsc12. The van der Waals surface area contributed by atoms with E-state index in [2.05, 4.69) is 10.8 Å². The Bertz CT molecular complexity index is 1070. The van der Waals surface area contributed by atoms with Gasteiger partial charge >= 0.3 is 0 Å². The number of aliphatic hydroxyl groups excluding tert-OH is 1. The Kier molecular flexibility index (Phi) is 6.04. The number of halogens is 3. The minimum absolute atomic E-state index is 0.0973. The molecule has 3 N–H and O–H groups in total. The van der Waals surface area contributed by atoms with E-state index in [0.717, 1.165) is 15.7 Å². The van der Waals surface area contributed by atoms with Crippen LogP contribution in [0.3, 0.4) is 0 Å². The molecule has 0 unspecified atom stereocenters. The Labute approximate surface area is 168 Å². The molecule has 0 spiro atoms. The van der Waals surface area contributed by atoms with Crippen molar-refractivity contribution in [3.8, 4) is 0 Å². The second kappa shape index (κ2) is 8.29. The molecule has 1 amide bonds. The van der Waals surface area contributed by atoms with E-state index in [0.29, 0.717) is 3.57 Å². The van der Waals surface area contributed by atoms with E-state index >= 15 is 0 Å². The Balaban J connectivity index is 2.14. The summed E-state index contributed by atoms with van der Waals surface area (Å²) in [5, 5.41) is 12.8. The number of carbonyl (C=O) groups is 1. The van der Waals surface area contributed by atoms with Gasteiger partial charge < -0.3 is 10.4 Å². The van der Waals surface area contributed by atoms with Gasteiger partial charge in [0, 0.05) is 15.1 Å². The molecule has 2 aromatic heterocycles. The summed E-state index contributed by atoms with van der Waals surface area (Å²) < 4.78 is 30.5. The number of rotatable bonds is 6. The summed E-state index contributed by atoms with van der Waals surface area (Å²) in [4.78, 5) is 29.7. The number of carbonyl (C=O) groups excluding carboxylic acids is 1. The first-order valence-electron chi connectivity index (χ1n) is 7.50. The Morgan fingerprint density at radius 2 is 2.15 bits per heavy atom. The lowest BCUT2D eigenvalue weighted by Gasteiger charge is -2.14. The maximum absolute atomic E-state index is 14.7. The van der Waals surface area contributed by atoms with Crippen molar-refractivity contribution in [3.05, 3.63) is 60.9 Å². The van der Waals surface area contributed by atoms with Crippen molar-refractivity contribution >= 4 is 56.0 Å². The second-order valence-electron chi connectivity index (χ2n) is 5.20. The van der Waals surface area contributed by atoms with Crippen molar-refractivity contribution in [2.24, 2.45) is 0 Å². The third kappa shape index (κ3) is 3.95. The Hall–Kier alpha value is -2.09. The molecule has 11 heteroatoms. The van der Waals surface area contributed by atoms with E-state index in [1.165, 1.54) is 23.7 Å². The van der Waals surface area contributed by atoms with Crippen LogP contribution in [0, 0.1) is 15.2 Å². The van der Waals surface area contributed by atoms with Crippen LogP contribution in [0.2, 0.25) is 0 Å². The summed E-state index contributed by atoms with van der Waals surface area (Å²) in [6.07, 6.45) is 1.33. The number of hydroxylamine groups is 1. The zero-order chi connectivity index (χ0) is 19.6. The number of aliphatic hydroxyl groups is 1. The summed E-state index contributed by atoms with van der Waals surface area (Å²) in [7, 11) is 0. The van der Waals surface area contributed by atoms with Gasteiger partial charge in [-0.05, 0) is 40.8 Å². The minimum atomic E-state index is -1.24. The van der Waals surface area contributed by atoms with Crippen molar-refractivity contribution < 1.29 is 23.5 Å². The van der Waals surface area contributed by atoms with E-state index in [4.69, 9.17) is 9.94 Å². The molecule has 0 aliphatic heterocycles. The first-order chi connectivity index (χ1) is 12.9. The molecule has 0 saturated heterocycles. The van der Waals surface area contributed by atoms with Crippen LogP contribution in [0.1, 0.15) is 10.4 Å². The molecule has 0 saturated carbocycles. The maximum atomic E-state index is 14.7. The molecule has 0 atom stereocenters. The van der Waals surface area contributed by atoms with Crippen molar-refractivity contribution in [3.63, 3.8) is 0 Å². The number of pyridine rings is 1. The molecular formula is C16H12F2IN3O4S. The van der Waals surface area contributed by atoms with E-state index in [1.807, 2.05) is 22.6 Å². The number of aromatic nitrogens is 1. The maximum Gasteiger partial charge on any atom is 0.293 e. The summed E-state index contributed by atoms with van der Waals surface area (Å²) in [5.74, 6) is -2.76. The smallest absolute Gasteiger partial charge is 0.293 e. The number of nitrogens with one attached hydrogen (secondary N) is 2. The normalized spacial score (nSPS) is 11.0. The molecule has 2 heterocycles. The average Bonchev–Trinajstić information content (AvgIpc) is 3.11. The number of anilines is 2. The van der Waals surface area contributed by atoms with Gasteiger partial charge in [0.15, 0.2) is 0 Å². The summed E-state index contributed by atoms with van der Waals surface area (Å²) in [6.45, 7) is -0.515. The highest BCUT2D eigenvalue weighted by atomic mass is 127. The number of amides is 1. The number of benzene rings is 1. The first-order valence-corrected chi connectivity index (χ1v) is 9.46. The van der Waals surface area contributed by atoms with Crippen LogP contribution in [0.25, 0.3) is 4.83 Å². The van der Waals surface area contributed by atoms with Crippen molar-refractivity contribution in [2.75, 3.05) is 18.5 Å². The van der Waals surface area contributed by atoms with Gasteiger partial charge in [-0.3, -0.25) is 18.8 Å². The van der Waals surface area contributed by atoms with E-state index in [1.54, 1.807) is 6.07 Å². The predicted molar refractivity (Wildman–Crippen MR) is 104 cm³/mol. The highest BCUT2D eigenvalue weighted by Gasteiger charge is 2.25. The number of hydrogen-bond acceptors (Lipinski definition) is 6. The molecule has 0 radical (unpaired) electrons. The molecule has 27 heavy (non-hydrogen) atoms. The molecule has 3 aromatic rings. The van der Waals surface area contributed by atoms with Gasteiger partial charge in [0.1, 0.15) is 16.2 Å². The predicted octanol–water partition coefficient (Wildman–Crippen LogP) is 2.64. The van der Waals surface area contributed by atoms with Crippen molar-refractivity contribution in [2.45, 2.75) is 0 Å². The van der Waals surface area contributed by atoms with E-state index in [9.17, 15) is 18.4 Å². The fraction of sp³-hybridized carbons (Fsp3) is 0.125. The zero-order valence-corrected chi connectivity index (χ0v) is 16.4. The van der Waals surface area contributed by atoms with Crippen LogP contribution in [0.4, 0.5) is 20.2 Å².